The van der Waals surface area contributed by atoms with Gasteiger partial charge in [0.15, 0.2) is 5.69 Å². The van der Waals surface area contributed by atoms with Crippen LogP contribution in [0.2, 0.25) is 0 Å². The Morgan fingerprint density at radius 1 is 1.33 bits per heavy atom. The Hall–Kier alpha value is -0.710. The lowest BCUT2D eigenvalue weighted by Gasteiger charge is -2.15. The number of quaternary nitrogens is 1. The Bertz CT molecular complexity index is 253. The van der Waals surface area contributed by atoms with Gasteiger partial charge >= 0.3 is 0 Å². The second-order valence-corrected chi connectivity index (χ2v) is 3.39. The van der Waals surface area contributed by atoms with E-state index in [-0.39, 0.29) is 0 Å². The van der Waals surface area contributed by atoms with E-state index in [0.717, 1.165) is 5.75 Å². The van der Waals surface area contributed by atoms with E-state index in [2.05, 4.69) is 12.8 Å². The Morgan fingerprint density at radius 3 is 2.17 bits per heavy atom. The maximum atomic E-state index is 9.41. The molecule has 0 aromatic heterocycles. The molecule has 1 aromatic rings. The van der Waals surface area contributed by atoms with E-state index in [1.165, 1.54) is 0 Å². The Labute approximate surface area is 77.3 Å². The van der Waals surface area contributed by atoms with Crippen LogP contribution in [-0.4, -0.2) is 19.4 Å². The minimum Gasteiger partial charge on any atom is -0.497 e. The van der Waals surface area contributed by atoms with Crippen LogP contribution in [0.15, 0.2) is 24.3 Å². The zero-order chi connectivity index (χ0) is 9.19. The van der Waals surface area contributed by atoms with Crippen molar-refractivity contribution < 1.29 is 9.94 Å². The van der Waals surface area contributed by atoms with Crippen molar-refractivity contribution in [2.75, 3.05) is 14.2 Å². The molecule has 0 heterocycles. The fraction of sp³-hybridized carbons (Fsp3) is 0.250. The molecule has 0 amide bonds. The molecule has 12 heavy (non-hydrogen) atoms. The number of thiol groups is 1. The molecule has 1 rings (SSSR count). The number of hydroxylamine groups is 1. The molecule has 0 fully saturated rings. The highest BCUT2D eigenvalue weighted by molar-refractivity contribution is 7.79. The fourth-order valence-corrected chi connectivity index (χ4v) is 0.998. The third kappa shape index (κ3) is 2.14. The second-order valence-electron chi connectivity index (χ2n) is 2.61. The smallest absolute Gasteiger partial charge is 0.176 e. The zero-order valence-corrected chi connectivity index (χ0v) is 7.95. The van der Waals surface area contributed by atoms with E-state index in [9.17, 15) is 5.21 Å². The predicted molar refractivity (Wildman–Crippen MR) is 51.5 cm³/mol. The van der Waals surface area contributed by atoms with Gasteiger partial charge in [0.25, 0.3) is 0 Å². The van der Waals surface area contributed by atoms with Crippen LogP contribution in [0.25, 0.3) is 0 Å². The summed E-state index contributed by atoms with van der Waals surface area (Å²) in [4.78, 5) is 0. The molecular weight excluding hydrogens is 174 g/mol. The Morgan fingerprint density at radius 2 is 1.83 bits per heavy atom. The van der Waals surface area contributed by atoms with E-state index >= 15 is 0 Å². The fourth-order valence-electron chi connectivity index (χ4n) is 0.865. The van der Waals surface area contributed by atoms with E-state index in [1.54, 1.807) is 38.4 Å². The molecule has 1 aromatic carbocycles. The first kappa shape index (κ1) is 9.38. The van der Waals surface area contributed by atoms with Crippen LogP contribution in [0, 0.1) is 0 Å². The van der Waals surface area contributed by atoms with Crippen LogP contribution in [0.3, 0.4) is 0 Å². The van der Waals surface area contributed by atoms with Crippen LogP contribution < -0.4 is 8.79 Å². The van der Waals surface area contributed by atoms with Gasteiger partial charge in [-0.25, -0.2) is 0 Å². The van der Waals surface area contributed by atoms with Crippen LogP contribution in [-0.2, 0) is 0 Å². The topological polar surface area (TPSA) is 29.5 Å². The predicted octanol–water partition coefficient (Wildman–Crippen LogP) is 1.87. The summed E-state index contributed by atoms with van der Waals surface area (Å²) in [5, 5.41) is 9.41. The summed E-state index contributed by atoms with van der Waals surface area (Å²) in [7, 11) is 3.16. The molecule has 0 aliphatic rings. The van der Waals surface area contributed by atoms with Gasteiger partial charge in [-0.15, -0.1) is 0 Å². The summed E-state index contributed by atoms with van der Waals surface area (Å²) in [6, 6.07) is 7.06. The third-order valence-electron chi connectivity index (χ3n) is 1.56. The highest BCUT2D eigenvalue weighted by atomic mass is 32.1. The monoisotopic (exact) mass is 186 g/mol. The first-order valence-corrected chi connectivity index (χ1v) is 3.90. The van der Waals surface area contributed by atoms with E-state index in [4.69, 9.17) is 4.74 Å². The highest BCUT2D eigenvalue weighted by Crippen LogP contribution is 2.23. The number of hydrogen-bond donors (Lipinski definition) is 2. The van der Waals surface area contributed by atoms with Gasteiger partial charge < -0.3 is 4.74 Å². The number of methoxy groups -OCH3 is 1. The maximum absolute atomic E-state index is 9.41. The molecule has 1 N–H and O–H groups in total. The molecule has 0 saturated carbocycles. The molecule has 0 radical (unpaired) electrons. The molecular formula is C8H12NO2S+. The van der Waals surface area contributed by atoms with Crippen molar-refractivity contribution >= 4 is 18.5 Å². The largest absolute Gasteiger partial charge is 0.497 e. The van der Waals surface area contributed by atoms with Crippen molar-refractivity contribution in [1.29, 1.82) is 0 Å². The van der Waals surface area contributed by atoms with E-state index in [1.807, 2.05) is 0 Å². The summed E-state index contributed by atoms with van der Waals surface area (Å²) in [5.74, 6) is 0.764. The number of benzene rings is 1. The number of rotatable bonds is 2. The minimum absolute atomic E-state index is 0.468. The molecule has 1 unspecified atom stereocenters. The van der Waals surface area contributed by atoms with Crippen molar-refractivity contribution in [3.8, 4) is 5.75 Å². The lowest BCUT2D eigenvalue weighted by atomic mass is 10.3. The van der Waals surface area contributed by atoms with Gasteiger partial charge in [0.2, 0.25) is 0 Å². The van der Waals surface area contributed by atoms with Crippen molar-refractivity contribution in [3.63, 3.8) is 0 Å². The number of nitrogens with zero attached hydrogens (tertiary/aromatic N) is 1. The third-order valence-corrected chi connectivity index (χ3v) is 1.79. The number of hydrogen-bond acceptors (Lipinski definition) is 3. The van der Waals surface area contributed by atoms with Gasteiger partial charge in [0.1, 0.15) is 12.8 Å². The van der Waals surface area contributed by atoms with Gasteiger partial charge in [-0.3, -0.25) is 0 Å². The van der Waals surface area contributed by atoms with Crippen molar-refractivity contribution in [2.24, 2.45) is 0 Å². The Kier molecular flexibility index (Phi) is 2.62. The number of ether oxygens (including phenoxy) is 1. The average molecular weight is 186 g/mol. The summed E-state index contributed by atoms with van der Waals surface area (Å²) in [6.45, 7) is 0. The lowest BCUT2D eigenvalue weighted by Crippen LogP contribution is -2.28. The molecule has 0 aliphatic heterocycles. The van der Waals surface area contributed by atoms with Gasteiger partial charge in [-0.05, 0) is 12.1 Å². The van der Waals surface area contributed by atoms with Gasteiger partial charge in [-0.1, -0.05) is 4.05 Å². The molecule has 0 spiro atoms. The van der Waals surface area contributed by atoms with E-state index < -0.39 is 4.05 Å². The van der Waals surface area contributed by atoms with Crippen molar-refractivity contribution in [1.82, 2.24) is 4.05 Å². The lowest BCUT2D eigenvalue weighted by molar-refractivity contribution is 0.0541. The minimum atomic E-state index is -0.468. The standard InChI is InChI=1S/C8H12NO2S/c1-9(10,12)7-3-5-8(11-2)6-4-7/h3-6,10,12H,1-2H3/q+1. The highest BCUT2D eigenvalue weighted by Gasteiger charge is 2.16. The van der Waals surface area contributed by atoms with Crippen LogP contribution in [0.4, 0.5) is 5.69 Å². The SMILES string of the molecule is COc1ccc([N+](C)(O)S)cc1. The maximum Gasteiger partial charge on any atom is 0.176 e. The van der Waals surface area contributed by atoms with Crippen LogP contribution in [0.5, 0.6) is 5.75 Å². The molecule has 3 nitrogen and oxygen atoms in total. The summed E-state index contributed by atoms with van der Waals surface area (Å²) < 4.78 is 4.50. The average Bonchev–Trinajstić information content (AvgIpc) is 2.03. The molecule has 4 heteroatoms. The van der Waals surface area contributed by atoms with Crippen molar-refractivity contribution in [2.45, 2.75) is 0 Å². The summed E-state index contributed by atoms with van der Waals surface area (Å²) in [6.07, 6.45) is 0. The second kappa shape index (κ2) is 3.35. The molecule has 1 atom stereocenters. The zero-order valence-electron chi connectivity index (χ0n) is 7.06. The van der Waals surface area contributed by atoms with Gasteiger partial charge in [0.05, 0.1) is 19.9 Å². The van der Waals surface area contributed by atoms with Crippen molar-refractivity contribution in [3.05, 3.63) is 24.3 Å². The first-order chi connectivity index (χ1) is 5.54. The molecule has 66 valence electrons. The molecule has 0 aliphatic carbocycles. The normalized spacial score (nSPS) is 15.3. The first-order valence-electron chi connectivity index (χ1n) is 3.50. The Balaban J connectivity index is 2.93. The summed E-state index contributed by atoms with van der Waals surface area (Å²) >= 11 is 3.96. The molecule has 0 bridgehead atoms. The van der Waals surface area contributed by atoms with Gasteiger partial charge in [-0.2, -0.15) is 5.21 Å². The quantitative estimate of drug-likeness (QED) is 0.419. The molecule has 0 saturated heterocycles. The van der Waals surface area contributed by atoms with Crippen LogP contribution >= 0.6 is 12.8 Å². The summed E-state index contributed by atoms with van der Waals surface area (Å²) in [5.41, 5.74) is 0.694. The van der Waals surface area contributed by atoms with Gasteiger partial charge in [0, 0.05) is 12.1 Å². The van der Waals surface area contributed by atoms with Crippen LogP contribution in [0.1, 0.15) is 0 Å². The van der Waals surface area contributed by atoms with E-state index in [0.29, 0.717) is 5.69 Å².